The monoisotopic (exact) mass is 449 g/mol. The molecule has 0 spiro atoms. The molecule has 0 unspecified atom stereocenters. The van der Waals surface area contributed by atoms with E-state index in [2.05, 4.69) is 20.7 Å². The number of aromatic nitrogens is 3. The van der Waals surface area contributed by atoms with Crippen LogP contribution in [0.1, 0.15) is 17.4 Å². The van der Waals surface area contributed by atoms with Gasteiger partial charge in [0, 0.05) is 29.6 Å². The lowest BCUT2D eigenvalue weighted by Gasteiger charge is -2.06. The van der Waals surface area contributed by atoms with Crippen LogP contribution >= 0.6 is 11.3 Å². The first-order valence-corrected chi connectivity index (χ1v) is 10.3. The van der Waals surface area contributed by atoms with Crippen molar-refractivity contribution in [3.63, 3.8) is 0 Å². The van der Waals surface area contributed by atoms with Crippen LogP contribution in [0.4, 0.5) is 15.2 Å². The molecule has 2 aromatic carbocycles. The predicted molar refractivity (Wildman–Crippen MR) is 120 cm³/mol. The smallest absolute Gasteiger partial charge is 0.277 e. The Balaban J connectivity index is 1.51. The summed E-state index contributed by atoms with van der Waals surface area (Å²) in [7, 11) is 0. The molecule has 0 aliphatic heterocycles. The summed E-state index contributed by atoms with van der Waals surface area (Å²) >= 11 is 1.24. The van der Waals surface area contributed by atoms with Gasteiger partial charge in [-0.25, -0.2) is 9.37 Å². The second kappa shape index (κ2) is 8.90. The van der Waals surface area contributed by atoms with Crippen LogP contribution in [-0.2, 0) is 4.79 Å². The molecule has 0 aliphatic carbocycles. The van der Waals surface area contributed by atoms with Crippen molar-refractivity contribution >= 4 is 34.0 Å². The Morgan fingerprint density at radius 3 is 2.38 bits per heavy atom. The van der Waals surface area contributed by atoms with Gasteiger partial charge in [-0.1, -0.05) is 12.1 Å². The van der Waals surface area contributed by atoms with Gasteiger partial charge in [-0.3, -0.25) is 19.7 Å². The molecule has 0 saturated heterocycles. The Morgan fingerprint density at radius 1 is 0.969 bits per heavy atom. The van der Waals surface area contributed by atoms with Gasteiger partial charge >= 0.3 is 0 Å². The highest BCUT2D eigenvalue weighted by molar-refractivity contribution is 7.14. The average Bonchev–Trinajstić information content (AvgIpc) is 3.23. The molecule has 32 heavy (non-hydrogen) atoms. The fourth-order valence-electron chi connectivity index (χ4n) is 2.85. The summed E-state index contributed by atoms with van der Waals surface area (Å²) in [6, 6.07) is 14.9. The molecule has 160 valence electrons. The van der Waals surface area contributed by atoms with Crippen molar-refractivity contribution in [2.24, 2.45) is 0 Å². The van der Waals surface area contributed by atoms with Crippen molar-refractivity contribution in [3.8, 4) is 16.9 Å². The van der Waals surface area contributed by atoms with Crippen LogP contribution in [0.25, 0.3) is 16.9 Å². The van der Waals surface area contributed by atoms with E-state index >= 15 is 0 Å². The molecular weight excluding hydrogens is 433 g/mol. The van der Waals surface area contributed by atoms with Gasteiger partial charge in [0.1, 0.15) is 11.5 Å². The molecule has 0 saturated carbocycles. The largest absolute Gasteiger partial charge is 0.326 e. The van der Waals surface area contributed by atoms with Gasteiger partial charge in [0.05, 0.1) is 11.4 Å². The van der Waals surface area contributed by atoms with Gasteiger partial charge in [-0.05, 0) is 42.5 Å². The van der Waals surface area contributed by atoms with Crippen molar-refractivity contribution in [1.82, 2.24) is 14.8 Å². The Hall–Kier alpha value is -4.18. The van der Waals surface area contributed by atoms with Crippen LogP contribution < -0.4 is 16.2 Å². The number of benzene rings is 2. The second-order valence-electron chi connectivity index (χ2n) is 6.70. The Morgan fingerprint density at radius 2 is 1.69 bits per heavy atom. The highest BCUT2D eigenvalue weighted by atomic mass is 32.1. The van der Waals surface area contributed by atoms with Gasteiger partial charge in [0.25, 0.3) is 11.5 Å². The fraction of sp³-hybridized carbons (Fsp3) is 0.0455. The number of amides is 2. The van der Waals surface area contributed by atoms with Crippen molar-refractivity contribution in [1.29, 1.82) is 0 Å². The maximum Gasteiger partial charge on any atom is 0.277 e. The molecule has 0 atom stereocenters. The van der Waals surface area contributed by atoms with Crippen molar-refractivity contribution in [3.05, 3.63) is 87.9 Å². The second-order valence-corrected chi connectivity index (χ2v) is 7.55. The van der Waals surface area contributed by atoms with Crippen LogP contribution in [0.5, 0.6) is 0 Å². The maximum atomic E-state index is 13.2. The highest BCUT2D eigenvalue weighted by Crippen LogP contribution is 2.26. The summed E-state index contributed by atoms with van der Waals surface area (Å²) in [5.74, 6) is -1.14. The summed E-state index contributed by atoms with van der Waals surface area (Å²) in [6.45, 7) is 1.43. The first-order valence-electron chi connectivity index (χ1n) is 9.40. The van der Waals surface area contributed by atoms with Crippen LogP contribution in [-0.4, -0.2) is 26.6 Å². The zero-order valence-corrected chi connectivity index (χ0v) is 17.5. The SMILES string of the molecule is CC(=O)Nc1ccc(-c2csc(NC(=O)c3ccc(=O)n(-c4ccc(F)cc4)n3)n2)cc1. The lowest BCUT2D eigenvalue weighted by atomic mass is 10.1. The number of thiazole rings is 1. The molecule has 10 heteroatoms. The third-order valence-corrected chi connectivity index (χ3v) is 5.09. The lowest BCUT2D eigenvalue weighted by Crippen LogP contribution is -2.24. The summed E-state index contributed by atoms with van der Waals surface area (Å²) in [5, 5.41) is 11.6. The molecule has 0 aliphatic rings. The van der Waals surface area contributed by atoms with Crippen LogP contribution in [0.2, 0.25) is 0 Å². The van der Waals surface area contributed by atoms with E-state index in [0.29, 0.717) is 22.2 Å². The minimum atomic E-state index is -0.539. The molecule has 2 heterocycles. The molecular formula is C22H16FN5O3S. The van der Waals surface area contributed by atoms with E-state index in [-0.39, 0.29) is 11.6 Å². The van der Waals surface area contributed by atoms with Gasteiger partial charge in [0.2, 0.25) is 5.91 Å². The van der Waals surface area contributed by atoms with E-state index in [1.807, 2.05) is 12.1 Å². The van der Waals surface area contributed by atoms with Crippen molar-refractivity contribution in [2.45, 2.75) is 6.92 Å². The van der Waals surface area contributed by atoms with Crippen LogP contribution in [0, 0.1) is 5.82 Å². The number of nitrogens with one attached hydrogen (secondary N) is 2. The summed E-state index contributed by atoms with van der Waals surface area (Å²) in [4.78, 5) is 40.3. The minimum absolute atomic E-state index is 0.00494. The number of carbonyl (C=O) groups is 2. The van der Waals surface area contributed by atoms with Gasteiger partial charge < -0.3 is 5.32 Å². The molecule has 4 rings (SSSR count). The van der Waals surface area contributed by atoms with E-state index in [9.17, 15) is 18.8 Å². The molecule has 2 N–H and O–H groups in total. The van der Waals surface area contributed by atoms with Gasteiger partial charge in [0.15, 0.2) is 5.13 Å². The zero-order chi connectivity index (χ0) is 22.7. The first kappa shape index (κ1) is 21.1. The Bertz CT molecular complexity index is 1350. The number of nitrogens with zero attached hydrogens (tertiary/aromatic N) is 3. The van der Waals surface area contributed by atoms with E-state index in [4.69, 9.17) is 0 Å². The van der Waals surface area contributed by atoms with Gasteiger partial charge in [-0.2, -0.15) is 9.78 Å². The lowest BCUT2D eigenvalue weighted by molar-refractivity contribution is -0.114. The topological polar surface area (TPSA) is 106 Å². The standard InChI is InChI=1S/C22H16FN5O3S/c1-13(29)24-16-6-2-14(3-7-16)19-12-32-22(25-19)26-21(31)18-10-11-20(30)28(27-18)17-8-4-15(23)5-9-17/h2-12H,1H3,(H,24,29)(H,25,26,31). The quantitative estimate of drug-likeness (QED) is 0.483. The van der Waals surface area contributed by atoms with Crippen LogP contribution in [0.15, 0.2) is 70.8 Å². The Kier molecular flexibility index (Phi) is 5.86. The molecule has 8 nitrogen and oxygen atoms in total. The predicted octanol–water partition coefficient (Wildman–Crippen LogP) is 3.71. The fourth-order valence-corrected chi connectivity index (χ4v) is 3.57. The molecule has 2 amide bonds. The van der Waals surface area contributed by atoms with E-state index in [1.165, 1.54) is 54.7 Å². The first-order chi connectivity index (χ1) is 15.4. The van der Waals surface area contributed by atoms with E-state index in [1.54, 1.807) is 17.5 Å². The normalized spacial score (nSPS) is 10.6. The molecule has 4 aromatic rings. The molecule has 0 radical (unpaired) electrons. The summed E-state index contributed by atoms with van der Waals surface area (Å²) < 4.78 is 14.2. The summed E-state index contributed by atoms with van der Waals surface area (Å²) in [5.41, 5.74) is 2.04. The third kappa shape index (κ3) is 4.76. The Labute approximate surface area is 185 Å². The van der Waals surface area contributed by atoms with Crippen molar-refractivity contribution in [2.75, 3.05) is 10.6 Å². The number of halogens is 1. The van der Waals surface area contributed by atoms with Crippen LogP contribution in [0.3, 0.4) is 0 Å². The van der Waals surface area contributed by atoms with E-state index in [0.717, 1.165) is 10.2 Å². The number of anilines is 2. The minimum Gasteiger partial charge on any atom is -0.326 e. The zero-order valence-electron chi connectivity index (χ0n) is 16.7. The summed E-state index contributed by atoms with van der Waals surface area (Å²) in [6.07, 6.45) is 0. The van der Waals surface area contributed by atoms with Crippen molar-refractivity contribution < 1.29 is 14.0 Å². The van der Waals surface area contributed by atoms with Gasteiger partial charge in [-0.15, -0.1) is 11.3 Å². The number of rotatable bonds is 5. The number of carbonyl (C=O) groups excluding carboxylic acids is 2. The third-order valence-electron chi connectivity index (χ3n) is 4.33. The maximum absolute atomic E-state index is 13.2. The average molecular weight is 449 g/mol. The molecule has 2 aromatic heterocycles. The van der Waals surface area contributed by atoms with E-state index < -0.39 is 17.3 Å². The molecule has 0 bridgehead atoms. The molecule has 0 fully saturated rings. The number of hydrogen-bond acceptors (Lipinski definition) is 6. The number of hydrogen-bond donors (Lipinski definition) is 2. The highest BCUT2D eigenvalue weighted by Gasteiger charge is 2.14.